The lowest BCUT2D eigenvalue weighted by molar-refractivity contribution is 0.0692. The fourth-order valence-electron chi connectivity index (χ4n) is 3.23. The molecule has 0 aliphatic heterocycles. The molecule has 30 heavy (non-hydrogen) atoms. The molecule has 4 nitrogen and oxygen atoms in total. The monoisotopic (exact) mass is 468 g/mol. The minimum absolute atomic E-state index is 0.178. The van der Waals surface area contributed by atoms with Crippen molar-refractivity contribution < 1.29 is 19.4 Å². The molecule has 3 aromatic carbocycles. The fourth-order valence-corrected chi connectivity index (χ4v) is 3.77. The summed E-state index contributed by atoms with van der Waals surface area (Å²) in [7, 11) is 0. The molecule has 0 aliphatic rings. The molecule has 0 amide bonds. The Labute approximate surface area is 185 Å². The van der Waals surface area contributed by atoms with Gasteiger partial charge < -0.3 is 14.6 Å². The molecule has 0 radical (unpaired) electrons. The number of ether oxygens (including phenoxy) is 2. The molecule has 0 heterocycles. The zero-order valence-electron chi connectivity index (χ0n) is 17.3. The Bertz CT molecular complexity index is 1010. The van der Waals surface area contributed by atoms with Gasteiger partial charge in [-0.25, -0.2) is 4.79 Å². The largest absolute Gasteiger partial charge is 0.488 e. The van der Waals surface area contributed by atoms with Crippen LogP contribution in [0.4, 0.5) is 0 Å². The molecule has 156 valence electrons. The van der Waals surface area contributed by atoms with Crippen molar-refractivity contribution in [3.63, 3.8) is 0 Å². The van der Waals surface area contributed by atoms with Crippen LogP contribution in [0.1, 0.15) is 47.8 Å². The van der Waals surface area contributed by atoms with Gasteiger partial charge in [-0.1, -0.05) is 81.4 Å². The molecule has 0 spiro atoms. The Kier molecular flexibility index (Phi) is 6.83. The van der Waals surface area contributed by atoms with Crippen molar-refractivity contribution in [1.29, 1.82) is 0 Å². The fraction of sp³-hybridized carbons (Fsp3) is 0.240. The lowest BCUT2D eigenvalue weighted by Gasteiger charge is -2.27. The van der Waals surface area contributed by atoms with Gasteiger partial charge in [-0.2, -0.15) is 0 Å². The van der Waals surface area contributed by atoms with Gasteiger partial charge in [0.1, 0.15) is 29.2 Å². The minimum Gasteiger partial charge on any atom is -0.488 e. The average molecular weight is 469 g/mol. The van der Waals surface area contributed by atoms with E-state index >= 15 is 0 Å². The highest BCUT2D eigenvalue weighted by atomic mass is 79.9. The third kappa shape index (κ3) is 5.22. The van der Waals surface area contributed by atoms with Crippen LogP contribution in [-0.2, 0) is 18.6 Å². The Balaban J connectivity index is 2.03. The number of carboxylic acids is 1. The Hall–Kier alpha value is -2.79. The molecule has 0 bridgehead atoms. The molecule has 0 atom stereocenters. The van der Waals surface area contributed by atoms with Crippen LogP contribution in [-0.4, -0.2) is 11.1 Å². The van der Waals surface area contributed by atoms with Gasteiger partial charge in [0.05, 0.1) is 5.56 Å². The van der Waals surface area contributed by atoms with Crippen molar-refractivity contribution >= 4 is 21.9 Å². The molecule has 3 rings (SSSR count). The van der Waals surface area contributed by atoms with Crippen molar-refractivity contribution in [2.24, 2.45) is 0 Å². The molecule has 0 saturated heterocycles. The summed E-state index contributed by atoms with van der Waals surface area (Å²) in [6.07, 6.45) is 0. The van der Waals surface area contributed by atoms with Crippen LogP contribution in [0, 0.1) is 0 Å². The van der Waals surface area contributed by atoms with Gasteiger partial charge >= 0.3 is 5.97 Å². The Morgan fingerprint density at radius 1 is 0.900 bits per heavy atom. The summed E-state index contributed by atoms with van der Waals surface area (Å²) in [5.41, 5.74) is 2.35. The Morgan fingerprint density at radius 2 is 1.40 bits per heavy atom. The summed E-state index contributed by atoms with van der Waals surface area (Å²) in [6, 6.07) is 21.1. The summed E-state index contributed by atoms with van der Waals surface area (Å²) in [5, 5.41) is 9.91. The van der Waals surface area contributed by atoms with E-state index in [1.807, 2.05) is 81.4 Å². The minimum atomic E-state index is -1.01. The van der Waals surface area contributed by atoms with Crippen molar-refractivity contribution in [2.75, 3.05) is 0 Å². The third-order valence-electron chi connectivity index (χ3n) is 4.63. The normalized spacial score (nSPS) is 11.2. The van der Waals surface area contributed by atoms with E-state index in [9.17, 15) is 9.90 Å². The van der Waals surface area contributed by atoms with Gasteiger partial charge in [0.2, 0.25) is 0 Å². The van der Waals surface area contributed by atoms with E-state index in [1.165, 1.54) is 0 Å². The van der Waals surface area contributed by atoms with E-state index in [0.717, 1.165) is 11.1 Å². The third-order valence-corrected chi connectivity index (χ3v) is 5.38. The predicted molar refractivity (Wildman–Crippen MR) is 121 cm³/mol. The standard InChI is InChI=1S/C25H25BrO4/c1-25(2,3)21-19(24(27)28)14-20(29-15-17-10-6-4-7-11-17)22(26)23(21)30-16-18-12-8-5-9-13-18/h4-14H,15-16H2,1-3H3,(H,27,28). The smallest absolute Gasteiger partial charge is 0.336 e. The van der Waals surface area contributed by atoms with E-state index in [2.05, 4.69) is 15.9 Å². The number of carbonyl (C=O) groups is 1. The number of aromatic carboxylic acids is 1. The number of hydrogen-bond donors (Lipinski definition) is 1. The SMILES string of the molecule is CC(C)(C)c1c(C(=O)O)cc(OCc2ccccc2)c(Br)c1OCc1ccccc1. The van der Waals surface area contributed by atoms with Crippen molar-refractivity contribution in [3.8, 4) is 11.5 Å². The highest BCUT2D eigenvalue weighted by Gasteiger charge is 2.30. The molecular formula is C25H25BrO4. The number of carboxylic acid groups (broad SMARTS) is 1. The summed E-state index contributed by atoms with van der Waals surface area (Å²) in [4.78, 5) is 12.1. The molecule has 0 saturated carbocycles. The zero-order valence-corrected chi connectivity index (χ0v) is 18.9. The molecule has 0 fully saturated rings. The first-order chi connectivity index (χ1) is 14.3. The summed E-state index contributed by atoms with van der Waals surface area (Å²) < 4.78 is 12.8. The molecular weight excluding hydrogens is 444 g/mol. The molecule has 0 aromatic heterocycles. The van der Waals surface area contributed by atoms with Crippen LogP contribution in [0.5, 0.6) is 11.5 Å². The quantitative estimate of drug-likeness (QED) is 0.424. The van der Waals surface area contributed by atoms with Gasteiger partial charge in [0.25, 0.3) is 0 Å². The molecule has 0 aliphatic carbocycles. The van der Waals surface area contributed by atoms with Crippen LogP contribution in [0.15, 0.2) is 71.2 Å². The van der Waals surface area contributed by atoms with Gasteiger partial charge in [0, 0.05) is 5.56 Å². The van der Waals surface area contributed by atoms with Crippen LogP contribution in [0.2, 0.25) is 0 Å². The van der Waals surface area contributed by atoms with E-state index < -0.39 is 11.4 Å². The zero-order chi connectivity index (χ0) is 21.7. The first-order valence-corrected chi connectivity index (χ1v) is 10.5. The van der Waals surface area contributed by atoms with Crippen LogP contribution in [0.25, 0.3) is 0 Å². The second-order valence-electron chi connectivity index (χ2n) is 8.04. The Morgan fingerprint density at radius 3 is 1.87 bits per heavy atom. The van der Waals surface area contributed by atoms with E-state index in [1.54, 1.807) is 6.07 Å². The molecule has 1 N–H and O–H groups in total. The summed E-state index contributed by atoms with van der Waals surface area (Å²) in [5.74, 6) is -0.0804. The van der Waals surface area contributed by atoms with Crippen molar-refractivity contribution in [3.05, 3.63) is 93.5 Å². The van der Waals surface area contributed by atoms with E-state index in [-0.39, 0.29) is 5.56 Å². The van der Waals surface area contributed by atoms with Gasteiger partial charge in [-0.3, -0.25) is 0 Å². The number of halogens is 1. The lowest BCUT2D eigenvalue weighted by atomic mass is 9.82. The molecule has 0 unspecified atom stereocenters. The maximum atomic E-state index is 12.1. The second-order valence-corrected chi connectivity index (χ2v) is 8.84. The van der Waals surface area contributed by atoms with Crippen molar-refractivity contribution in [2.45, 2.75) is 39.4 Å². The van der Waals surface area contributed by atoms with E-state index in [0.29, 0.717) is 34.7 Å². The highest BCUT2D eigenvalue weighted by molar-refractivity contribution is 9.10. The summed E-state index contributed by atoms with van der Waals surface area (Å²) in [6.45, 7) is 6.57. The first-order valence-electron chi connectivity index (χ1n) is 9.71. The van der Waals surface area contributed by atoms with Gasteiger partial charge in [-0.05, 0) is 38.5 Å². The van der Waals surface area contributed by atoms with Crippen LogP contribution in [0.3, 0.4) is 0 Å². The second kappa shape index (κ2) is 9.35. The molecule has 5 heteroatoms. The number of rotatable bonds is 7. The van der Waals surface area contributed by atoms with E-state index in [4.69, 9.17) is 9.47 Å². The van der Waals surface area contributed by atoms with Crippen molar-refractivity contribution in [1.82, 2.24) is 0 Å². The van der Waals surface area contributed by atoms with Crippen LogP contribution < -0.4 is 9.47 Å². The summed E-state index contributed by atoms with van der Waals surface area (Å²) >= 11 is 3.61. The number of benzene rings is 3. The highest BCUT2D eigenvalue weighted by Crippen LogP contribution is 2.45. The van der Waals surface area contributed by atoms with Gasteiger partial charge in [0.15, 0.2) is 0 Å². The maximum Gasteiger partial charge on any atom is 0.336 e. The average Bonchev–Trinajstić information content (AvgIpc) is 2.72. The number of hydrogen-bond acceptors (Lipinski definition) is 3. The van der Waals surface area contributed by atoms with Crippen LogP contribution >= 0.6 is 15.9 Å². The predicted octanol–water partition coefficient (Wildman–Crippen LogP) is 6.60. The first kappa shape index (κ1) is 21.9. The molecule has 3 aromatic rings. The van der Waals surface area contributed by atoms with Gasteiger partial charge in [-0.15, -0.1) is 0 Å². The lowest BCUT2D eigenvalue weighted by Crippen LogP contribution is -2.20. The topological polar surface area (TPSA) is 55.8 Å². The maximum absolute atomic E-state index is 12.1.